The monoisotopic (exact) mass is 633 g/mol. The molecule has 0 heterocycles. The van der Waals surface area contributed by atoms with Gasteiger partial charge in [-0.05, 0) is 80.1 Å². The summed E-state index contributed by atoms with van der Waals surface area (Å²) in [4.78, 5) is 9.89. The quantitative estimate of drug-likeness (QED) is 0.0773. The van der Waals surface area contributed by atoms with Gasteiger partial charge in [0.25, 0.3) is 10.1 Å². The number of phenols is 2. The van der Waals surface area contributed by atoms with Crippen LogP contribution in [0.25, 0.3) is 0 Å². The maximum atomic E-state index is 10.6. The molecule has 0 aromatic heterocycles. The Morgan fingerprint density at radius 3 is 2.16 bits per heavy atom. The number of aromatic hydroxyl groups is 2. The molecule has 0 fully saturated rings. The van der Waals surface area contributed by atoms with Crippen LogP contribution >= 0.6 is 0 Å². The minimum Gasteiger partial charge on any atom is -0.508 e. The summed E-state index contributed by atoms with van der Waals surface area (Å²) in [6.45, 7) is 2.77. The smallest absolute Gasteiger partial charge is 0.339 e. The lowest BCUT2D eigenvalue weighted by Gasteiger charge is -2.14. The van der Waals surface area contributed by atoms with Crippen LogP contribution in [0.4, 0.5) is 0 Å². The molecule has 0 aliphatic rings. The molecule has 44 heavy (non-hydrogen) atoms. The number of aryl methyl sites for hydroxylation is 1. The zero-order valence-electron chi connectivity index (χ0n) is 24.6. The van der Waals surface area contributed by atoms with Crippen molar-refractivity contribution in [2.45, 2.75) is 62.6 Å². The van der Waals surface area contributed by atoms with Crippen molar-refractivity contribution in [1.82, 2.24) is 5.32 Å². The average Bonchev–Trinajstić information content (AvgIpc) is 3.00. The number of hydrogen-bond donors (Lipinski definition) is 7. The molecule has 1 unspecified atom stereocenters. The van der Waals surface area contributed by atoms with Crippen molar-refractivity contribution < 1.29 is 48.0 Å². The molecule has 7 N–H and O–H groups in total. The first-order valence-corrected chi connectivity index (χ1v) is 15.9. The first-order valence-electron chi connectivity index (χ1n) is 14.5. The van der Waals surface area contributed by atoms with E-state index in [0.29, 0.717) is 23.7 Å². The van der Waals surface area contributed by atoms with Gasteiger partial charge in [0.05, 0.1) is 17.6 Å². The highest BCUT2D eigenvalue weighted by Gasteiger charge is 2.16. The summed E-state index contributed by atoms with van der Waals surface area (Å²) in [5.74, 6) is -1.99. The zero-order valence-corrected chi connectivity index (χ0v) is 25.5. The maximum Gasteiger partial charge on any atom is 0.339 e. The van der Waals surface area contributed by atoms with Crippen LogP contribution in [0.5, 0.6) is 11.5 Å². The first kappa shape index (κ1) is 36.7. The Kier molecular flexibility index (Phi) is 16.4. The molecule has 0 radical (unpaired) electrons. The third kappa shape index (κ3) is 13.8. The van der Waals surface area contributed by atoms with Crippen molar-refractivity contribution >= 4 is 16.1 Å². The van der Waals surface area contributed by atoms with Crippen LogP contribution in [0.15, 0.2) is 71.6 Å². The first-order chi connectivity index (χ1) is 21.0. The van der Waals surface area contributed by atoms with Crippen LogP contribution in [0.1, 0.15) is 71.7 Å². The van der Waals surface area contributed by atoms with Crippen LogP contribution in [0, 0.1) is 0 Å². The third-order valence-corrected chi connectivity index (χ3v) is 7.58. The molecule has 1 atom stereocenters. The number of carboxylic acids is 1. The molecule has 3 aromatic carbocycles. The van der Waals surface area contributed by atoms with Crippen molar-refractivity contribution in [3.8, 4) is 11.5 Å². The second-order valence-electron chi connectivity index (χ2n) is 10.2. The van der Waals surface area contributed by atoms with Gasteiger partial charge in [0.2, 0.25) is 0 Å². The van der Waals surface area contributed by atoms with E-state index in [1.165, 1.54) is 18.1 Å². The molecule has 3 aromatic rings. The van der Waals surface area contributed by atoms with Gasteiger partial charge in [-0.1, -0.05) is 49.2 Å². The molecule has 0 bridgehead atoms. The van der Waals surface area contributed by atoms with Gasteiger partial charge in [-0.2, -0.15) is 8.42 Å². The van der Waals surface area contributed by atoms with E-state index in [4.69, 9.17) is 19.5 Å². The van der Waals surface area contributed by atoms with Crippen LogP contribution in [-0.2, 0) is 27.9 Å². The molecule has 242 valence electrons. The molecule has 3 rings (SSSR count). The second kappa shape index (κ2) is 19.7. The molecule has 0 aliphatic carbocycles. The minimum atomic E-state index is -4.45. The molecule has 0 amide bonds. The number of aliphatic hydroxyl groups excluding tert-OH is 2. The highest BCUT2D eigenvalue weighted by atomic mass is 32.2. The van der Waals surface area contributed by atoms with Crippen molar-refractivity contribution in [3.63, 3.8) is 0 Å². The Hall–Kier alpha value is -3.52. The number of aromatic carboxylic acids is 1. The van der Waals surface area contributed by atoms with Gasteiger partial charge in [0.1, 0.15) is 17.1 Å². The van der Waals surface area contributed by atoms with Gasteiger partial charge in [-0.15, -0.1) is 0 Å². The predicted molar refractivity (Wildman–Crippen MR) is 165 cm³/mol. The van der Waals surface area contributed by atoms with Crippen molar-refractivity contribution in [2.75, 3.05) is 26.3 Å². The van der Waals surface area contributed by atoms with E-state index < -0.39 is 38.4 Å². The topological polar surface area (TPSA) is 194 Å². The summed E-state index contributed by atoms with van der Waals surface area (Å²) >= 11 is 0. The SMILES string of the molecule is O=C(O)c1cc(S(=O)(=O)O)ccc1O.OCc1cc(C(O)CNCCCCCCOCCCCc2ccccc2)ccc1O. The van der Waals surface area contributed by atoms with E-state index >= 15 is 0 Å². The van der Waals surface area contributed by atoms with Crippen LogP contribution in [-0.4, -0.2) is 70.8 Å². The van der Waals surface area contributed by atoms with E-state index in [9.17, 15) is 28.5 Å². The largest absolute Gasteiger partial charge is 0.508 e. The Balaban J connectivity index is 0.000000402. The second-order valence-corrected chi connectivity index (χ2v) is 11.6. The average molecular weight is 634 g/mol. The summed E-state index contributed by atoms with van der Waals surface area (Å²) < 4.78 is 35.5. The predicted octanol–water partition coefficient (Wildman–Crippen LogP) is 4.44. The molecule has 0 saturated carbocycles. The summed E-state index contributed by atoms with van der Waals surface area (Å²) in [6.07, 6.45) is 7.24. The number of carbonyl (C=O) groups is 1. The number of ether oxygens (including phenoxy) is 1. The van der Waals surface area contributed by atoms with Gasteiger partial charge in [0, 0.05) is 25.3 Å². The lowest BCUT2D eigenvalue weighted by molar-refractivity contribution is 0.0693. The van der Waals surface area contributed by atoms with Crippen molar-refractivity contribution in [3.05, 3.63) is 89.0 Å². The van der Waals surface area contributed by atoms with Gasteiger partial charge in [0.15, 0.2) is 0 Å². The normalized spacial score (nSPS) is 11.9. The molecule has 0 aliphatic heterocycles. The number of benzene rings is 3. The fourth-order valence-electron chi connectivity index (χ4n) is 4.23. The van der Waals surface area contributed by atoms with Crippen molar-refractivity contribution in [2.24, 2.45) is 0 Å². The zero-order chi connectivity index (χ0) is 32.4. The lowest BCUT2D eigenvalue weighted by atomic mass is 10.1. The van der Waals surface area contributed by atoms with E-state index in [-0.39, 0.29) is 12.4 Å². The van der Waals surface area contributed by atoms with E-state index in [0.717, 1.165) is 70.4 Å². The standard InChI is InChI=1S/C25H37NO4.C7H6O6S/c27-20-23-18-22(13-14-24(23)28)25(29)19-26-15-7-1-2-8-16-30-17-9-6-12-21-10-4-3-5-11-21;8-6-2-1-4(14(11,12)13)3-5(6)7(9)10/h3-5,10-11,13-14,18,25-29H,1-2,6-9,12,15-17,19-20H2;1-3,8H,(H,9,10)(H,11,12,13). The van der Waals surface area contributed by atoms with Gasteiger partial charge in [-0.25, -0.2) is 4.79 Å². The fourth-order valence-corrected chi connectivity index (χ4v) is 4.74. The highest BCUT2D eigenvalue weighted by Crippen LogP contribution is 2.22. The van der Waals surface area contributed by atoms with Gasteiger partial charge in [-0.3, -0.25) is 4.55 Å². The lowest BCUT2D eigenvalue weighted by Crippen LogP contribution is -2.22. The number of rotatable bonds is 18. The molecule has 0 saturated heterocycles. The van der Waals surface area contributed by atoms with Gasteiger partial charge >= 0.3 is 5.97 Å². The number of aliphatic hydroxyl groups is 2. The molecule has 0 spiro atoms. The number of nitrogens with one attached hydrogen (secondary N) is 1. The number of carboxylic acid groups (broad SMARTS) is 1. The molecule has 12 heteroatoms. The van der Waals surface area contributed by atoms with Crippen molar-refractivity contribution in [1.29, 1.82) is 0 Å². The summed E-state index contributed by atoms with van der Waals surface area (Å²) in [5, 5.41) is 49.8. The van der Waals surface area contributed by atoms with E-state index in [1.807, 2.05) is 0 Å². The van der Waals surface area contributed by atoms with Crippen LogP contribution in [0.3, 0.4) is 0 Å². The van der Waals surface area contributed by atoms with Crippen LogP contribution in [0.2, 0.25) is 0 Å². The Morgan fingerprint density at radius 1 is 0.841 bits per heavy atom. The summed E-state index contributed by atoms with van der Waals surface area (Å²) in [6, 6.07) is 17.9. The summed E-state index contributed by atoms with van der Waals surface area (Å²) in [7, 11) is -4.45. The minimum absolute atomic E-state index is 0.0533. The maximum absolute atomic E-state index is 10.6. The van der Waals surface area contributed by atoms with E-state index in [2.05, 4.69) is 35.6 Å². The molecular formula is C32H43NO10S. The van der Waals surface area contributed by atoms with E-state index in [1.54, 1.807) is 12.1 Å². The number of hydrogen-bond acceptors (Lipinski definition) is 9. The Morgan fingerprint density at radius 2 is 1.50 bits per heavy atom. The third-order valence-electron chi connectivity index (χ3n) is 6.73. The summed E-state index contributed by atoms with van der Waals surface area (Å²) in [5.41, 5.74) is 1.95. The van der Waals surface area contributed by atoms with Gasteiger partial charge < -0.3 is 35.6 Å². The number of unbranched alkanes of at least 4 members (excludes halogenated alkanes) is 4. The Labute approximate surface area is 258 Å². The Bertz CT molecular complexity index is 1380. The van der Waals surface area contributed by atoms with Crippen LogP contribution < -0.4 is 5.32 Å². The fraction of sp³-hybridized carbons (Fsp3) is 0.406. The highest BCUT2D eigenvalue weighted by molar-refractivity contribution is 7.85. The molecular weight excluding hydrogens is 590 g/mol. The molecule has 11 nitrogen and oxygen atoms in total.